The Labute approximate surface area is 142 Å². The predicted molar refractivity (Wildman–Crippen MR) is 87.9 cm³/mol. The number of halogens is 3. The molecule has 0 aliphatic heterocycles. The Morgan fingerprint density at radius 3 is 2.39 bits per heavy atom. The maximum absolute atomic E-state index is 13.2. The number of hydrogen-bond acceptors (Lipinski definition) is 1. The number of aryl methyl sites for hydroxylation is 1. The molecule has 1 fully saturated rings. The second kappa shape index (κ2) is 6.40. The summed E-state index contributed by atoms with van der Waals surface area (Å²) in [4.78, 5) is 12.2. The average Bonchev–Trinajstić information content (AvgIpc) is 3.30. The monoisotopic (exact) mass is 379 g/mol. The molecule has 5 heteroatoms. The van der Waals surface area contributed by atoms with Gasteiger partial charge in [0.2, 0.25) is 5.91 Å². The number of hydrogen-bond donors (Lipinski definition) is 1. The molecular formula is C18H16BrF2NO. The molecule has 23 heavy (non-hydrogen) atoms. The fraction of sp³-hybridized carbons (Fsp3) is 0.278. The molecule has 0 bridgehead atoms. The van der Waals surface area contributed by atoms with Crippen LogP contribution >= 0.6 is 15.9 Å². The molecule has 0 heterocycles. The van der Waals surface area contributed by atoms with Crippen LogP contribution in [0.5, 0.6) is 0 Å². The van der Waals surface area contributed by atoms with Crippen molar-refractivity contribution in [3.05, 3.63) is 69.7 Å². The highest BCUT2D eigenvalue weighted by molar-refractivity contribution is 9.10. The lowest BCUT2D eigenvalue weighted by Crippen LogP contribution is -2.34. The third-order valence-electron chi connectivity index (χ3n) is 4.15. The van der Waals surface area contributed by atoms with Crippen molar-refractivity contribution in [2.75, 3.05) is 0 Å². The molecule has 2 nitrogen and oxygen atoms in total. The SMILES string of the molecule is O=C(CCc1ccc(F)c(F)c1)NC1(c2ccc(Br)cc2)CC1. The van der Waals surface area contributed by atoms with Crippen LogP contribution in [0, 0.1) is 11.6 Å². The Balaban J connectivity index is 1.59. The predicted octanol–water partition coefficient (Wildman–Crippen LogP) is 4.47. The maximum Gasteiger partial charge on any atom is 0.221 e. The summed E-state index contributed by atoms with van der Waals surface area (Å²) >= 11 is 3.40. The molecule has 0 spiro atoms. The van der Waals surface area contributed by atoms with Crippen molar-refractivity contribution in [2.45, 2.75) is 31.2 Å². The summed E-state index contributed by atoms with van der Waals surface area (Å²) in [7, 11) is 0. The van der Waals surface area contributed by atoms with Gasteiger partial charge in [0.05, 0.1) is 5.54 Å². The second-order valence-electron chi connectivity index (χ2n) is 5.89. The van der Waals surface area contributed by atoms with Gasteiger partial charge in [-0.2, -0.15) is 0 Å². The van der Waals surface area contributed by atoms with Crippen molar-refractivity contribution in [1.29, 1.82) is 0 Å². The smallest absolute Gasteiger partial charge is 0.221 e. The highest BCUT2D eigenvalue weighted by atomic mass is 79.9. The van der Waals surface area contributed by atoms with E-state index in [0.29, 0.717) is 12.0 Å². The van der Waals surface area contributed by atoms with E-state index in [4.69, 9.17) is 0 Å². The van der Waals surface area contributed by atoms with Gasteiger partial charge in [-0.05, 0) is 54.7 Å². The summed E-state index contributed by atoms with van der Waals surface area (Å²) in [6, 6.07) is 11.7. The van der Waals surface area contributed by atoms with Gasteiger partial charge in [0.1, 0.15) is 0 Å². The van der Waals surface area contributed by atoms with Gasteiger partial charge in [-0.1, -0.05) is 34.1 Å². The Morgan fingerprint density at radius 2 is 1.78 bits per heavy atom. The molecular weight excluding hydrogens is 364 g/mol. The van der Waals surface area contributed by atoms with E-state index in [1.54, 1.807) is 0 Å². The van der Waals surface area contributed by atoms with Gasteiger partial charge in [-0.15, -0.1) is 0 Å². The molecule has 0 unspecified atom stereocenters. The number of carbonyl (C=O) groups is 1. The zero-order valence-electron chi connectivity index (χ0n) is 12.4. The van der Waals surface area contributed by atoms with Gasteiger partial charge < -0.3 is 5.32 Å². The molecule has 2 aromatic carbocycles. The number of nitrogens with one attached hydrogen (secondary N) is 1. The Kier molecular flexibility index (Phi) is 4.48. The van der Waals surface area contributed by atoms with Gasteiger partial charge in [-0.3, -0.25) is 4.79 Å². The van der Waals surface area contributed by atoms with E-state index in [-0.39, 0.29) is 17.9 Å². The lowest BCUT2D eigenvalue weighted by atomic mass is 10.0. The summed E-state index contributed by atoms with van der Waals surface area (Å²) in [6.45, 7) is 0. The first-order chi connectivity index (χ1) is 11.0. The van der Waals surface area contributed by atoms with Gasteiger partial charge >= 0.3 is 0 Å². The third-order valence-corrected chi connectivity index (χ3v) is 4.68. The van der Waals surface area contributed by atoms with Gasteiger partial charge in [0.15, 0.2) is 11.6 Å². The highest BCUT2D eigenvalue weighted by Gasteiger charge is 2.45. The fourth-order valence-electron chi connectivity index (χ4n) is 2.66. The van der Waals surface area contributed by atoms with Crippen LogP contribution in [0.1, 0.15) is 30.4 Å². The van der Waals surface area contributed by atoms with E-state index in [0.717, 1.165) is 35.0 Å². The van der Waals surface area contributed by atoms with Crippen molar-refractivity contribution < 1.29 is 13.6 Å². The molecule has 1 aliphatic rings. The molecule has 0 saturated heterocycles. The van der Waals surface area contributed by atoms with Crippen molar-refractivity contribution in [3.8, 4) is 0 Å². The van der Waals surface area contributed by atoms with Crippen LogP contribution in [0.25, 0.3) is 0 Å². The van der Waals surface area contributed by atoms with E-state index < -0.39 is 11.6 Å². The first-order valence-electron chi connectivity index (χ1n) is 7.49. The summed E-state index contributed by atoms with van der Waals surface area (Å²) in [5.41, 5.74) is 1.46. The van der Waals surface area contributed by atoms with Crippen LogP contribution in [0.3, 0.4) is 0 Å². The lowest BCUT2D eigenvalue weighted by molar-refractivity contribution is -0.122. The first-order valence-corrected chi connectivity index (χ1v) is 8.29. The normalized spacial score (nSPS) is 15.3. The van der Waals surface area contributed by atoms with Crippen molar-refractivity contribution in [2.24, 2.45) is 0 Å². The molecule has 3 rings (SSSR count). The zero-order valence-corrected chi connectivity index (χ0v) is 14.0. The number of rotatable bonds is 5. The second-order valence-corrected chi connectivity index (χ2v) is 6.80. The van der Waals surface area contributed by atoms with E-state index >= 15 is 0 Å². The third kappa shape index (κ3) is 3.78. The Morgan fingerprint density at radius 1 is 1.09 bits per heavy atom. The van der Waals surface area contributed by atoms with E-state index in [1.807, 2.05) is 24.3 Å². The molecule has 2 aromatic rings. The lowest BCUT2D eigenvalue weighted by Gasteiger charge is -2.18. The average molecular weight is 380 g/mol. The van der Waals surface area contributed by atoms with E-state index in [9.17, 15) is 13.6 Å². The minimum absolute atomic E-state index is 0.0739. The van der Waals surface area contributed by atoms with Crippen molar-refractivity contribution >= 4 is 21.8 Å². The maximum atomic E-state index is 13.2. The number of amides is 1. The van der Waals surface area contributed by atoms with Crippen LogP contribution < -0.4 is 5.32 Å². The van der Waals surface area contributed by atoms with Gasteiger partial charge in [-0.25, -0.2) is 8.78 Å². The summed E-state index contributed by atoms with van der Waals surface area (Å²) in [5, 5.41) is 3.08. The van der Waals surface area contributed by atoms with Crippen molar-refractivity contribution in [1.82, 2.24) is 5.32 Å². The molecule has 0 atom stereocenters. The fourth-order valence-corrected chi connectivity index (χ4v) is 2.93. The Hall–Kier alpha value is -1.75. The standard InChI is InChI=1S/C18H16BrF2NO/c19-14-5-3-13(4-6-14)18(9-10-18)22-17(23)8-2-12-1-7-15(20)16(21)11-12/h1,3-7,11H,2,8-10H2,(H,22,23). The number of carbonyl (C=O) groups excluding carboxylic acids is 1. The van der Waals surface area contributed by atoms with Gasteiger partial charge in [0, 0.05) is 10.9 Å². The minimum atomic E-state index is -0.878. The highest BCUT2D eigenvalue weighted by Crippen LogP contribution is 2.45. The van der Waals surface area contributed by atoms with Crippen LogP contribution in [0.4, 0.5) is 8.78 Å². The molecule has 0 aromatic heterocycles. The topological polar surface area (TPSA) is 29.1 Å². The molecule has 120 valence electrons. The molecule has 1 aliphatic carbocycles. The first kappa shape index (κ1) is 16.1. The summed E-state index contributed by atoms with van der Waals surface area (Å²) in [6.07, 6.45) is 2.49. The van der Waals surface area contributed by atoms with Crippen LogP contribution in [0.15, 0.2) is 46.9 Å². The Bertz CT molecular complexity index is 726. The van der Waals surface area contributed by atoms with Gasteiger partial charge in [0.25, 0.3) is 0 Å². The molecule has 1 saturated carbocycles. The zero-order chi connectivity index (χ0) is 16.4. The van der Waals surface area contributed by atoms with Crippen LogP contribution in [-0.4, -0.2) is 5.91 Å². The number of benzene rings is 2. The molecule has 0 radical (unpaired) electrons. The summed E-state index contributed by atoms with van der Waals surface area (Å²) < 4.78 is 27.0. The van der Waals surface area contributed by atoms with E-state index in [2.05, 4.69) is 21.2 Å². The molecule has 1 N–H and O–H groups in total. The quantitative estimate of drug-likeness (QED) is 0.815. The summed E-state index contributed by atoms with van der Waals surface area (Å²) in [5.74, 6) is -1.82. The molecule has 1 amide bonds. The van der Waals surface area contributed by atoms with Crippen LogP contribution in [-0.2, 0) is 16.8 Å². The van der Waals surface area contributed by atoms with E-state index in [1.165, 1.54) is 6.07 Å². The van der Waals surface area contributed by atoms with Crippen molar-refractivity contribution in [3.63, 3.8) is 0 Å². The minimum Gasteiger partial charge on any atom is -0.347 e. The van der Waals surface area contributed by atoms with Crippen LogP contribution in [0.2, 0.25) is 0 Å². The largest absolute Gasteiger partial charge is 0.347 e.